The Morgan fingerprint density at radius 2 is 1.62 bits per heavy atom. The molecular weight excluding hydrogens is 340 g/mol. The number of nitrogens with one attached hydrogen (secondary N) is 1. The lowest BCUT2D eigenvalue weighted by molar-refractivity contribution is 0.0792. The largest absolute Gasteiger partial charge is 0.339 e. The summed E-state index contributed by atoms with van der Waals surface area (Å²) in [5.41, 5.74) is -0.181. The number of hydrogen-bond acceptors (Lipinski definition) is 3. The summed E-state index contributed by atoms with van der Waals surface area (Å²) < 4.78 is 27.8. The summed E-state index contributed by atoms with van der Waals surface area (Å²) in [6, 6.07) is 9.34. The molecule has 1 aliphatic rings. The van der Waals surface area contributed by atoms with Crippen LogP contribution >= 0.6 is 0 Å². The molecular formula is C19H15F2N3O2. The first-order chi connectivity index (χ1) is 12.5. The van der Waals surface area contributed by atoms with Gasteiger partial charge in [-0.3, -0.25) is 9.59 Å². The molecule has 0 spiro atoms. The van der Waals surface area contributed by atoms with Crippen molar-refractivity contribution in [1.29, 1.82) is 5.26 Å². The van der Waals surface area contributed by atoms with Crippen molar-refractivity contribution in [2.75, 3.05) is 18.4 Å². The third kappa shape index (κ3) is 3.54. The SMILES string of the molecule is N#Cc1cc(F)c(C(=O)Nc2ccc(C(=O)N3CCCC3)cc2)c(F)c1. The third-order valence-corrected chi connectivity index (χ3v) is 4.18. The van der Waals surface area contributed by atoms with Gasteiger partial charge in [0.05, 0.1) is 11.6 Å². The van der Waals surface area contributed by atoms with E-state index >= 15 is 0 Å². The summed E-state index contributed by atoms with van der Waals surface area (Å²) in [7, 11) is 0. The highest BCUT2D eigenvalue weighted by Gasteiger charge is 2.21. The van der Waals surface area contributed by atoms with Crippen LogP contribution in [0.1, 0.15) is 39.1 Å². The van der Waals surface area contributed by atoms with Crippen LogP contribution in [0.2, 0.25) is 0 Å². The van der Waals surface area contributed by atoms with E-state index in [1.165, 1.54) is 12.1 Å². The number of benzene rings is 2. The molecule has 26 heavy (non-hydrogen) atoms. The van der Waals surface area contributed by atoms with Crippen molar-refractivity contribution < 1.29 is 18.4 Å². The third-order valence-electron chi connectivity index (χ3n) is 4.18. The predicted molar refractivity (Wildman–Crippen MR) is 90.6 cm³/mol. The monoisotopic (exact) mass is 355 g/mol. The lowest BCUT2D eigenvalue weighted by Crippen LogP contribution is -2.27. The van der Waals surface area contributed by atoms with Gasteiger partial charge in [-0.1, -0.05) is 0 Å². The number of nitrogens with zero attached hydrogens (tertiary/aromatic N) is 2. The van der Waals surface area contributed by atoms with E-state index in [2.05, 4.69) is 5.32 Å². The number of likely N-dealkylation sites (tertiary alicyclic amines) is 1. The van der Waals surface area contributed by atoms with E-state index in [4.69, 9.17) is 5.26 Å². The molecule has 0 aliphatic carbocycles. The zero-order chi connectivity index (χ0) is 18.7. The molecule has 0 bridgehead atoms. The summed E-state index contributed by atoms with van der Waals surface area (Å²) >= 11 is 0. The summed E-state index contributed by atoms with van der Waals surface area (Å²) in [6.07, 6.45) is 1.98. The molecule has 2 aromatic rings. The first kappa shape index (κ1) is 17.5. The minimum atomic E-state index is -1.11. The van der Waals surface area contributed by atoms with Crippen LogP contribution in [0.15, 0.2) is 36.4 Å². The Kier molecular flexibility index (Phi) is 4.94. The van der Waals surface area contributed by atoms with Gasteiger partial charge in [0.25, 0.3) is 11.8 Å². The molecule has 0 aromatic heterocycles. The quantitative estimate of drug-likeness (QED) is 0.918. The fourth-order valence-electron chi connectivity index (χ4n) is 2.85. The van der Waals surface area contributed by atoms with Crippen molar-refractivity contribution in [3.63, 3.8) is 0 Å². The number of nitriles is 1. The Hall–Kier alpha value is -3.27. The maximum absolute atomic E-state index is 13.9. The lowest BCUT2D eigenvalue weighted by atomic mass is 10.1. The lowest BCUT2D eigenvalue weighted by Gasteiger charge is -2.15. The number of rotatable bonds is 3. The topological polar surface area (TPSA) is 73.2 Å². The van der Waals surface area contributed by atoms with Gasteiger partial charge in [0.2, 0.25) is 0 Å². The molecule has 3 rings (SSSR count). The molecule has 132 valence electrons. The zero-order valence-corrected chi connectivity index (χ0v) is 13.8. The van der Waals surface area contributed by atoms with E-state index < -0.39 is 23.1 Å². The van der Waals surface area contributed by atoms with Gasteiger partial charge in [-0.05, 0) is 49.2 Å². The van der Waals surface area contributed by atoms with Crippen molar-refractivity contribution in [3.8, 4) is 6.07 Å². The van der Waals surface area contributed by atoms with E-state index in [0.29, 0.717) is 11.3 Å². The summed E-state index contributed by atoms with van der Waals surface area (Å²) in [4.78, 5) is 26.2. The van der Waals surface area contributed by atoms with Gasteiger partial charge in [-0.25, -0.2) is 8.78 Å². The van der Waals surface area contributed by atoms with Gasteiger partial charge < -0.3 is 10.2 Å². The van der Waals surface area contributed by atoms with Crippen molar-refractivity contribution in [1.82, 2.24) is 4.90 Å². The highest BCUT2D eigenvalue weighted by Crippen LogP contribution is 2.19. The van der Waals surface area contributed by atoms with Crippen LogP contribution < -0.4 is 5.32 Å². The fourth-order valence-corrected chi connectivity index (χ4v) is 2.85. The number of halogens is 2. The molecule has 5 nitrogen and oxygen atoms in total. The van der Waals surface area contributed by atoms with E-state index in [-0.39, 0.29) is 11.5 Å². The molecule has 0 unspecified atom stereocenters. The van der Waals surface area contributed by atoms with Crippen molar-refractivity contribution >= 4 is 17.5 Å². The normalized spacial score (nSPS) is 13.3. The Labute approximate surface area is 148 Å². The van der Waals surface area contributed by atoms with Gasteiger partial charge in [0.1, 0.15) is 17.2 Å². The minimum Gasteiger partial charge on any atom is -0.339 e. The maximum atomic E-state index is 13.9. The molecule has 2 amide bonds. The predicted octanol–water partition coefficient (Wildman–Crippen LogP) is 3.32. The fraction of sp³-hybridized carbons (Fsp3) is 0.211. The van der Waals surface area contributed by atoms with Crippen LogP contribution in [0, 0.1) is 23.0 Å². The number of anilines is 1. The van der Waals surface area contributed by atoms with Crippen LogP contribution in [0.5, 0.6) is 0 Å². The molecule has 1 N–H and O–H groups in total. The van der Waals surface area contributed by atoms with Gasteiger partial charge >= 0.3 is 0 Å². The molecule has 2 aromatic carbocycles. The Morgan fingerprint density at radius 3 is 2.15 bits per heavy atom. The Bertz CT molecular complexity index is 875. The van der Waals surface area contributed by atoms with Crippen molar-refractivity contribution in [2.24, 2.45) is 0 Å². The molecule has 1 saturated heterocycles. The molecule has 1 fully saturated rings. The van der Waals surface area contributed by atoms with Gasteiger partial charge in [-0.2, -0.15) is 5.26 Å². The highest BCUT2D eigenvalue weighted by atomic mass is 19.1. The Morgan fingerprint density at radius 1 is 1.04 bits per heavy atom. The number of amides is 2. The van der Waals surface area contributed by atoms with Gasteiger partial charge in [0, 0.05) is 24.3 Å². The van der Waals surface area contributed by atoms with E-state index in [0.717, 1.165) is 38.1 Å². The summed E-state index contributed by atoms with van der Waals surface area (Å²) in [5.74, 6) is -3.27. The molecule has 1 heterocycles. The summed E-state index contributed by atoms with van der Waals surface area (Å²) in [5, 5.41) is 11.1. The first-order valence-electron chi connectivity index (χ1n) is 8.09. The average molecular weight is 355 g/mol. The van der Waals surface area contributed by atoms with Crippen LogP contribution in [-0.4, -0.2) is 29.8 Å². The average Bonchev–Trinajstić information content (AvgIpc) is 3.15. The number of carbonyl (C=O) groups excluding carboxylic acids is 2. The smallest absolute Gasteiger partial charge is 0.261 e. The van der Waals surface area contributed by atoms with Crippen molar-refractivity contribution in [3.05, 3.63) is 64.7 Å². The second kappa shape index (κ2) is 7.31. The van der Waals surface area contributed by atoms with E-state index in [1.807, 2.05) is 0 Å². The molecule has 1 aliphatic heterocycles. The molecule has 7 heteroatoms. The maximum Gasteiger partial charge on any atom is 0.261 e. The van der Waals surface area contributed by atoms with Crippen LogP contribution in [0.4, 0.5) is 14.5 Å². The Balaban J connectivity index is 1.74. The highest BCUT2D eigenvalue weighted by molar-refractivity contribution is 6.05. The van der Waals surface area contributed by atoms with Crippen molar-refractivity contribution in [2.45, 2.75) is 12.8 Å². The van der Waals surface area contributed by atoms with Gasteiger partial charge in [0.15, 0.2) is 0 Å². The van der Waals surface area contributed by atoms with Crippen LogP contribution in [-0.2, 0) is 0 Å². The van der Waals surface area contributed by atoms with E-state index in [1.54, 1.807) is 23.1 Å². The van der Waals surface area contributed by atoms with E-state index in [9.17, 15) is 18.4 Å². The second-order valence-corrected chi connectivity index (χ2v) is 5.96. The second-order valence-electron chi connectivity index (χ2n) is 5.96. The molecule has 0 saturated carbocycles. The molecule has 0 atom stereocenters. The van der Waals surface area contributed by atoms with Gasteiger partial charge in [-0.15, -0.1) is 0 Å². The number of carbonyl (C=O) groups is 2. The minimum absolute atomic E-state index is 0.0791. The number of hydrogen-bond donors (Lipinski definition) is 1. The first-order valence-corrected chi connectivity index (χ1v) is 8.09. The molecule has 0 radical (unpaired) electrons. The van der Waals surface area contributed by atoms with Crippen LogP contribution in [0.25, 0.3) is 0 Å². The summed E-state index contributed by atoms with van der Waals surface area (Å²) in [6.45, 7) is 1.46. The van der Waals surface area contributed by atoms with Crippen LogP contribution in [0.3, 0.4) is 0 Å². The zero-order valence-electron chi connectivity index (χ0n) is 13.8. The standard InChI is InChI=1S/C19H15F2N3O2/c20-15-9-12(11-22)10-16(21)17(15)18(25)23-14-5-3-13(4-6-14)19(26)24-7-1-2-8-24/h3-6,9-10H,1-2,7-8H2,(H,23,25).